The van der Waals surface area contributed by atoms with E-state index in [-0.39, 0.29) is 105 Å². The number of amides is 2. The highest BCUT2D eigenvalue weighted by atomic mass is 79.9. The summed E-state index contributed by atoms with van der Waals surface area (Å²) in [5.41, 5.74) is 0.653. The fraction of sp³-hybridized carbons (Fsp3) is 0.693. The first-order valence-corrected chi connectivity index (χ1v) is 36.2. The van der Waals surface area contributed by atoms with Gasteiger partial charge in [-0.05, 0) is 133 Å². The second-order valence-electron chi connectivity index (χ2n) is 28.1. The molecule has 15 atom stereocenters. The molecule has 0 aromatic heterocycles. The highest BCUT2D eigenvalue weighted by molar-refractivity contribution is 9.09. The molecule has 3 aromatic rings. The zero-order chi connectivity index (χ0) is 71.1. The van der Waals surface area contributed by atoms with Crippen LogP contribution in [0.15, 0.2) is 91.0 Å². The number of rotatable bonds is 29. The lowest BCUT2D eigenvalue weighted by molar-refractivity contribution is -0.254. The minimum Gasteiger partial charge on any atom is -0.459 e. The number of ether oxygens (including phenoxy) is 13. The SMILES string of the molecule is CC1C(COC(=O)c2ccccc2)OC(OCCBr)C(C)C1C.CC1C(COC(=O)c2ccccc2)OC(OCCCCCOCCOCCNC(=O)OC(C)(C)C)C(C)C1C.CC1C(COC(=O)c2ccccc2)OC(OCCN2CCN(C(=O)OC(C)(C)C)CC2)C(C)C1C. The number of halogens is 1. The van der Waals surface area contributed by atoms with Gasteiger partial charge in [-0.2, -0.15) is 0 Å². The molecular weight excluding hydrogens is 1310 g/mol. The van der Waals surface area contributed by atoms with Gasteiger partial charge in [-0.3, -0.25) is 4.90 Å². The Bertz CT molecular complexity index is 2720. The molecule has 0 radical (unpaired) electrons. The lowest BCUT2D eigenvalue weighted by Gasteiger charge is -2.43. The van der Waals surface area contributed by atoms with E-state index in [9.17, 15) is 24.0 Å². The number of nitrogens with one attached hydrogen (secondary N) is 1. The maximum atomic E-state index is 12.4. The number of hydrogen-bond donors (Lipinski definition) is 1. The van der Waals surface area contributed by atoms with E-state index in [0.29, 0.717) is 112 Å². The van der Waals surface area contributed by atoms with Gasteiger partial charge in [0, 0.05) is 75.6 Å². The Balaban J connectivity index is 0.000000271. The maximum absolute atomic E-state index is 12.4. The molecule has 21 nitrogen and oxygen atoms in total. The van der Waals surface area contributed by atoms with Crippen molar-refractivity contribution >= 4 is 46.0 Å². The van der Waals surface area contributed by atoms with Crippen LogP contribution in [0.1, 0.15) is 154 Å². The van der Waals surface area contributed by atoms with Gasteiger partial charge in [-0.25, -0.2) is 24.0 Å². The molecule has 4 heterocycles. The third-order valence-corrected chi connectivity index (χ3v) is 19.0. The van der Waals surface area contributed by atoms with Crippen LogP contribution in [0, 0.1) is 53.3 Å². The summed E-state index contributed by atoms with van der Waals surface area (Å²) in [5, 5.41) is 3.43. The van der Waals surface area contributed by atoms with Crippen LogP contribution in [-0.2, 0) is 61.6 Å². The number of alkyl halides is 1. The summed E-state index contributed by atoms with van der Waals surface area (Å²) >= 11 is 3.36. The summed E-state index contributed by atoms with van der Waals surface area (Å²) < 4.78 is 74.8. The first-order valence-electron chi connectivity index (χ1n) is 35.0. The van der Waals surface area contributed by atoms with E-state index >= 15 is 0 Å². The Labute approximate surface area is 587 Å². The predicted octanol–water partition coefficient (Wildman–Crippen LogP) is 13.2. The Morgan fingerprint density at radius 2 is 0.814 bits per heavy atom. The van der Waals surface area contributed by atoms with Crippen molar-refractivity contribution in [3.8, 4) is 0 Å². The van der Waals surface area contributed by atoms with E-state index in [1.165, 1.54) is 0 Å². The normalized spacial score (nSPS) is 26.8. The van der Waals surface area contributed by atoms with Gasteiger partial charge in [0.15, 0.2) is 18.9 Å². The molecule has 4 aliphatic rings. The number of benzene rings is 3. The van der Waals surface area contributed by atoms with Crippen molar-refractivity contribution in [1.29, 1.82) is 0 Å². The summed E-state index contributed by atoms with van der Waals surface area (Å²) in [6.45, 7) is 39.1. The number of esters is 3. The summed E-state index contributed by atoms with van der Waals surface area (Å²) in [6, 6.07) is 27.0. The second kappa shape index (κ2) is 42.7. The van der Waals surface area contributed by atoms with Gasteiger partial charge in [0.05, 0.1) is 68.0 Å². The van der Waals surface area contributed by atoms with Gasteiger partial charge in [0.25, 0.3) is 0 Å². The Hall–Kier alpha value is -5.27. The average Bonchev–Trinajstić information content (AvgIpc) is 0.885. The van der Waals surface area contributed by atoms with Gasteiger partial charge >= 0.3 is 30.1 Å². The van der Waals surface area contributed by atoms with Crippen molar-refractivity contribution < 1.29 is 85.6 Å². The van der Waals surface area contributed by atoms with Gasteiger partial charge in [0.1, 0.15) is 31.0 Å². The lowest BCUT2D eigenvalue weighted by atomic mass is 9.79. The molecule has 15 unspecified atom stereocenters. The van der Waals surface area contributed by atoms with E-state index in [0.717, 1.165) is 44.2 Å². The van der Waals surface area contributed by atoms with Crippen LogP contribution < -0.4 is 5.32 Å². The van der Waals surface area contributed by atoms with Crippen molar-refractivity contribution in [2.45, 2.75) is 172 Å². The minimum absolute atomic E-state index is 0.144. The Morgan fingerprint density at radius 1 is 0.443 bits per heavy atom. The monoisotopic (exact) mass is 1430 g/mol. The summed E-state index contributed by atoms with van der Waals surface area (Å²) in [5.74, 6) is 1.80. The van der Waals surface area contributed by atoms with Crippen LogP contribution in [-0.4, -0.2) is 199 Å². The number of carbonyl (C=O) groups excluding carboxylic acids is 5. The molecule has 4 saturated heterocycles. The van der Waals surface area contributed by atoms with E-state index < -0.39 is 17.3 Å². The molecule has 0 bridgehead atoms. The van der Waals surface area contributed by atoms with Crippen molar-refractivity contribution in [2.24, 2.45) is 53.3 Å². The third kappa shape index (κ3) is 29.5. The number of piperazine rings is 1. The minimum atomic E-state index is -0.506. The Kier molecular flexibility index (Phi) is 36.3. The lowest BCUT2D eigenvalue weighted by Crippen LogP contribution is -2.51. The van der Waals surface area contributed by atoms with Crippen molar-refractivity contribution in [1.82, 2.24) is 15.1 Å². The molecule has 546 valence electrons. The molecule has 7 rings (SSSR count). The topological polar surface area (TPSA) is 224 Å². The molecule has 1 N–H and O–H groups in total. The van der Waals surface area contributed by atoms with Gasteiger partial charge in [0.2, 0.25) is 0 Å². The Morgan fingerprint density at radius 3 is 1.21 bits per heavy atom. The predicted molar refractivity (Wildman–Crippen MR) is 374 cm³/mol. The number of alkyl carbamates (subject to hydrolysis) is 1. The summed E-state index contributed by atoms with van der Waals surface area (Å²) in [6.07, 6.45) is 0.702. The molecule has 0 saturated carbocycles. The van der Waals surface area contributed by atoms with E-state index in [4.69, 9.17) is 61.6 Å². The second-order valence-corrected chi connectivity index (χ2v) is 28.9. The van der Waals surface area contributed by atoms with Crippen LogP contribution in [0.25, 0.3) is 0 Å². The maximum Gasteiger partial charge on any atom is 0.410 e. The van der Waals surface area contributed by atoms with Crippen molar-refractivity contribution in [3.05, 3.63) is 108 Å². The molecule has 3 aromatic carbocycles. The molecule has 0 aliphatic carbocycles. The first kappa shape index (κ1) is 82.4. The van der Waals surface area contributed by atoms with E-state index in [2.05, 4.69) is 88.5 Å². The quantitative estimate of drug-likeness (QED) is 0.0295. The third-order valence-electron chi connectivity index (χ3n) is 18.7. The zero-order valence-electron chi connectivity index (χ0n) is 60.6. The fourth-order valence-electron chi connectivity index (χ4n) is 11.5. The van der Waals surface area contributed by atoms with Crippen molar-refractivity contribution in [3.63, 3.8) is 0 Å². The zero-order valence-corrected chi connectivity index (χ0v) is 62.2. The summed E-state index contributed by atoms with van der Waals surface area (Å²) in [4.78, 5) is 64.6. The van der Waals surface area contributed by atoms with Gasteiger partial charge in [-0.15, -0.1) is 0 Å². The smallest absolute Gasteiger partial charge is 0.410 e. The largest absolute Gasteiger partial charge is 0.459 e. The van der Waals surface area contributed by atoms with Crippen LogP contribution in [0.5, 0.6) is 0 Å². The number of nitrogens with zero attached hydrogens (tertiary/aromatic N) is 2. The van der Waals surface area contributed by atoms with Crippen LogP contribution in [0.2, 0.25) is 0 Å². The molecule has 2 amide bonds. The number of hydrogen-bond acceptors (Lipinski definition) is 19. The van der Waals surface area contributed by atoms with Crippen molar-refractivity contribution in [2.75, 3.05) is 111 Å². The summed E-state index contributed by atoms with van der Waals surface area (Å²) in [7, 11) is 0. The molecule has 0 spiro atoms. The van der Waals surface area contributed by atoms with Gasteiger partial charge in [-0.1, -0.05) is 133 Å². The van der Waals surface area contributed by atoms with Crippen LogP contribution in [0.3, 0.4) is 0 Å². The highest BCUT2D eigenvalue weighted by Crippen LogP contribution is 2.38. The molecular formula is C75H116BrN3O18. The molecule has 4 fully saturated rings. The highest BCUT2D eigenvalue weighted by Gasteiger charge is 2.43. The van der Waals surface area contributed by atoms with E-state index in [1.54, 1.807) is 41.3 Å². The standard InChI is InChI=1S/C30H49NO8.C27H42N2O6.C18H25BrO4/c1-22-23(2)26(21-37-27(32)25-13-9-7-10-14-25)38-28(24(22)3)36-17-12-8-11-16-34-19-20-35-18-15-31-29(33)39-30(4,5)6;1-19-20(2)23(18-33-24(30)22-10-8-7-9-11-22)34-25(21(19)3)32-17-16-28-12-14-29(15-13-28)26(31)35-27(4,5)6;1-12-13(2)16(23-18(14(12)3)21-10-9-19)11-22-17(20)15-7-5-4-6-8-15/h7,9-10,13-14,22-24,26,28H,8,11-12,15-21H2,1-6H3,(H,31,33);7-11,19-21,23,25H,12-18H2,1-6H3;4-8,12-14,16,18H,9-11H2,1-3H3. The van der Waals surface area contributed by atoms with Crippen LogP contribution >= 0.6 is 15.9 Å². The number of carbonyl (C=O) groups is 5. The van der Waals surface area contributed by atoms with Gasteiger partial charge < -0.3 is 71.8 Å². The van der Waals surface area contributed by atoms with E-state index in [1.807, 2.05) is 96.1 Å². The molecule has 22 heteroatoms. The molecule has 4 aliphatic heterocycles. The molecule has 97 heavy (non-hydrogen) atoms. The first-order chi connectivity index (χ1) is 46.2. The number of unbranched alkanes of at least 4 members (excludes halogenated alkanes) is 2. The fourth-order valence-corrected chi connectivity index (χ4v) is 11.7. The average molecular weight is 1430 g/mol. The van der Waals surface area contributed by atoms with Crippen LogP contribution in [0.4, 0.5) is 9.59 Å².